The number of hydrogen-bond donors (Lipinski definition) is 2. The Morgan fingerprint density at radius 1 is 1.35 bits per heavy atom. The van der Waals surface area contributed by atoms with Crippen molar-refractivity contribution < 1.29 is 19.4 Å². The molecule has 0 saturated carbocycles. The molecule has 6 nitrogen and oxygen atoms in total. The molecule has 1 rings (SSSR count). The second kappa shape index (κ2) is 7.37. The van der Waals surface area contributed by atoms with Gasteiger partial charge in [-0.1, -0.05) is 6.92 Å². The normalized spacial score (nSPS) is 11.6. The van der Waals surface area contributed by atoms with E-state index >= 15 is 0 Å². The van der Waals surface area contributed by atoms with Crippen LogP contribution in [0.2, 0.25) is 0 Å². The van der Waals surface area contributed by atoms with Crippen LogP contribution in [0.1, 0.15) is 20.3 Å². The number of ether oxygens (including phenoxy) is 1. The molecule has 1 unspecified atom stereocenters. The summed E-state index contributed by atoms with van der Waals surface area (Å²) in [4.78, 5) is 23.8. The third kappa shape index (κ3) is 4.46. The fraction of sp³-hybridized carbons (Fsp3) is 0.429. The average Bonchev–Trinajstić information content (AvgIpc) is 2.44. The number of anilines is 1. The third-order valence-corrected chi connectivity index (χ3v) is 2.84. The van der Waals surface area contributed by atoms with Gasteiger partial charge in [-0.25, -0.2) is 9.59 Å². The van der Waals surface area contributed by atoms with E-state index < -0.39 is 18.0 Å². The Balaban J connectivity index is 2.60. The Labute approximate surface area is 118 Å². The van der Waals surface area contributed by atoms with E-state index in [0.717, 1.165) is 17.1 Å². The third-order valence-electron chi connectivity index (χ3n) is 2.84. The predicted octanol–water partition coefficient (Wildman–Crippen LogP) is 2.41. The molecule has 2 amide bonds. The lowest BCUT2D eigenvalue weighted by atomic mass is 10.3. The first-order valence-corrected chi connectivity index (χ1v) is 6.45. The lowest BCUT2D eigenvalue weighted by Crippen LogP contribution is -2.42. The summed E-state index contributed by atoms with van der Waals surface area (Å²) in [7, 11) is 1.44. The standard InChI is InChI=1S/C14H20N2O4/c1-4-9-20-12-7-5-11(6-8-12)15-14(19)16(3)10(2)13(17)18/h5-8,10H,4,9H2,1-3H3,(H,15,19)(H,17,18). The molecule has 0 aliphatic heterocycles. The maximum absolute atomic E-state index is 11.8. The van der Waals surface area contributed by atoms with Crippen molar-refractivity contribution in [2.75, 3.05) is 19.0 Å². The van der Waals surface area contributed by atoms with Crippen LogP contribution in [-0.2, 0) is 4.79 Å². The fourth-order valence-electron chi connectivity index (χ4n) is 1.41. The van der Waals surface area contributed by atoms with Gasteiger partial charge >= 0.3 is 12.0 Å². The van der Waals surface area contributed by atoms with E-state index in [0.29, 0.717) is 12.3 Å². The van der Waals surface area contributed by atoms with E-state index in [1.807, 2.05) is 6.92 Å². The maximum atomic E-state index is 11.8. The lowest BCUT2D eigenvalue weighted by Gasteiger charge is -2.21. The number of amides is 2. The molecule has 0 heterocycles. The Morgan fingerprint density at radius 3 is 2.45 bits per heavy atom. The van der Waals surface area contributed by atoms with Crippen molar-refractivity contribution >= 4 is 17.7 Å². The van der Waals surface area contributed by atoms with Gasteiger partial charge in [0.1, 0.15) is 11.8 Å². The Kier molecular flexibility index (Phi) is 5.83. The Hall–Kier alpha value is -2.24. The molecule has 0 fully saturated rings. The van der Waals surface area contributed by atoms with Crippen molar-refractivity contribution in [3.05, 3.63) is 24.3 Å². The predicted molar refractivity (Wildman–Crippen MR) is 76.1 cm³/mol. The Morgan fingerprint density at radius 2 is 1.95 bits per heavy atom. The smallest absolute Gasteiger partial charge is 0.326 e. The summed E-state index contributed by atoms with van der Waals surface area (Å²) in [6, 6.07) is 5.58. The lowest BCUT2D eigenvalue weighted by molar-refractivity contribution is -0.141. The van der Waals surface area contributed by atoms with E-state index in [1.54, 1.807) is 24.3 Å². The van der Waals surface area contributed by atoms with E-state index in [-0.39, 0.29) is 0 Å². The first-order chi connectivity index (χ1) is 9.45. The minimum absolute atomic E-state index is 0.470. The second-order valence-electron chi connectivity index (χ2n) is 4.43. The first kappa shape index (κ1) is 15.8. The van der Waals surface area contributed by atoms with Crippen molar-refractivity contribution in [3.8, 4) is 5.75 Å². The van der Waals surface area contributed by atoms with E-state index in [2.05, 4.69) is 5.32 Å². The van der Waals surface area contributed by atoms with E-state index in [1.165, 1.54) is 14.0 Å². The van der Waals surface area contributed by atoms with Crippen molar-refractivity contribution in [2.24, 2.45) is 0 Å². The van der Waals surface area contributed by atoms with Gasteiger partial charge in [0.15, 0.2) is 0 Å². The monoisotopic (exact) mass is 280 g/mol. The molecule has 6 heteroatoms. The Bertz CT molecular complexity index is 459. The summed E-state index contributed by atoms with van der Waals surface area (Å²) in [5.74, 6) is -0.317. The zero-order valence-corrected chi connectivity index (χ0v) is 11.9. The van der Waals surface area contributed by atoms with Crippen LogP contribution in [0.15, 0.2) is 24.3 Å². The molecule has 0 aromatic heterocycles. The summed E-state index contributed by atoms with van der Waals surface area (Å²) in [6.45, 7) is 4.11. The highest BCUT2D eigenvalue weighted by Gasteiger charge is 2.21. The van der Waals surface area contributed by atoms with E-state index in [9.17, 15) is 9.59 Å². The number of carboxylic acid groups (broad SMARTS) is 1. The fourth-order valence-corrected chi connectivity index (χ4v) is 1.41. The number of nitrogens with zero attached hydrogens (tertiary/aromatic N) is 1. The number of urea groups is 1. The van der Waals surface area contributed by atoms with Gasteiger partial charge in [0, 0.05) is 12.7 Å². The highest BCUT2D eigenvalue weighted by molar-refractivity contribution is 5.92. The van der Waals surface area contributed by atoms with Gasteiger partial charge in [-0.2, -0.15) is 0 Å². The number of likely N-dealkylation sites (N-methyl/N-ethyl adjacent to an activating group) is 1. The molecule has 0 radical (unpaired) electrons. The average molecular weight is 280 g/mol. The van der Waals surface area contributed by atoms with Crippen LogP contribution in [0, 0.1) is 0 Å². The van der Waals surface area contributed by atoms with Crippen molar-refractivity contribution in [1.82, 2.24) is 4.90 Å². The number of carbonyl (C=O) groups excluding carboxylic acids is 1. The summed E-state index contributed by atoms with van der Waals surface area (Å²) in [6.07, 6.45) is 0.927. The number of aliphatic carboxylic acids is 1. The van der Waals surface area contributed by atoms with Gasteiger partial charge in [-0.05, 0) is 37.6 Å². The van der Waals surface area contributed by atoms with Crippen molar-refractivity contribution in [2.45, 2.75) is 26.3 Å². The van der Waals surface area contributed by atoms with Crippen LogP contribution in [0.4, 0.5) is 10.5 Å². The van der Waals surface area contributed by atoms with Gasteiger partial charge in [0.05, 0.1) is 6.61 Å². The topological polar surface area (TPSA) is 78.9 Å². The number of carboxylic acids is 1. The molecule has 20 heavy (non-hydrogen) atoms. The van der Waals surface area contributed by atoms with Crippen molar-refractivity contribution in [3.63, 3.8) is 0 Å². The maximum Gasteiger partial charge on any atom is 0.326 e. The number of carbonyl (C=O) groups is 2. The van der Waals surface area contributed by atoms with Crippen LogP contribution in [0.3, 0.4) is 0 Å². The van der Waals surface area contributed by atoms with Crippen LogP contribution >= 0.6 is 0 Å². The number of benzene rings is 1. The largest absolute Gasteiger partial charge is 0.494 e. The highest BCUT2D eigenvalue weighted by atomic mass is 16.5. The van der Waals surface area contributed by atoms with E-state index in [4.69, 9.17) is 9.84 Å². The summed E-state index contributed by atoms with van der Waals surface area (Å²) < 4.78 is 5.43. The quantitative estimate of drug-likeness (QED) is 0.838. The SMILES string of the molecule is CCCOc1ccc(NC(=O)N(C)C(C)C(=O)O)cc1. The molecule has 1 atom stereocenters. The van der Waals surface area contributed by atoms with Crippen LogP contribution in [0.25, 0.3) is 0 Å². The molecular weight excluding hydrogens is 260 g/mol. The van der Waals surface area contributed by atoms with Crippen molar-refractivity contribution in [1.29, 1.82) is 0 Å². The second-order valence-corrected chi connectivity index (χ2v) is 4.43. The number of rotatable bonds is 6. The molecule has 0 aliphatic rings. The van der Waals surface area contributed by atoms with Crippen LogP contribution in [-0.4, -0.2) is 41.7 Å². The highest BCUT2D eigenvalue weighted by Crippen LogP contribution is 2.16. The zero-order valence-electron chi connectivity index (χ0n) is 11.9. The molecule has 0 bridgehead atoms. The molecular formula is C14H20N2O4. The summed E-state index contributed by atoms with van der Waals surface area (Å²) >= 11 is 0. The molecule has 0 spiro atoms. The summed E-state index contributed by atoms with van der Waals surface area (Å²) in [5.41, 5.74) is 0.586. The minimum atomic E-state index is -1.05. The van der Waals surface area contributed by atoms with Gasteiger partial charge in [-0.3, -0.25) is 0 Å². The zero-order chi connectivity index (χ0) is 15.1. The molecule has 0 aliphatic carbocycles. The van der Waals surface area contributed by atoms with Crippen LogP contribution in [0.5, 0.6) is 5.75 Å². The molecule has 0 saturated heterocycles. The molecule has 1 aromatic carbocycles. The summed E-state index contributed by atoms with van der Waals surface area (Å²) in [5, 5.41) is 11.5. The first-order valence-electron chi connectivity index (χ1n) is 6.45. The van der Waals surface area contributed by atoms with Crippen LogP contribution < -0.4 is 10.1 Å². The van der Waals surface area contributed by atoms with Gasteiger partial charge < -0.3 is 20.1 Å². The van der Waals surface area contributed by atoms with Gasteiger partial charge in [0.2, 0.25) is 0 Å². The minimum Gasteiger partial charge on any atom is -0.494 e. The number of hydrogen-bond acceptors (Lipinski definition) is 3. The number of nitrogens with one attached hydrogen (secondary N) is 1. The molecule has 2 N–H and O–H groups in total. The van der Waals surface area contributed by atoms with Gasteiger partial charge in [0.25, 0.3) is 0 Å². The van der Waals surface area contributed by atoms with Gasteiger partial charge in [-0.15, -0.1) is 0 Å². The molecule has 110 valence electrons. The molecule has 1 aromatic rings.